The number of ether oxygens (including phenoxy) is 2. The Morgan fingerprint density at radius 2 is 1.86 bits per heavy atom. The number of benzene rings is 2. The molecular weight excluding hydrogens is 400 g/mol. The highest BCUT2D eigenvalue weighted by Crippen LogP contribution is 2.27. The zero-order chi connectivity index (χ0) is 20.1. The largest absolute Gasteiger partial charge is 0.497 e. The minimum absolute atomic E-state index is 0.174. The molecular formula is C19H19ClN4O3S. The van der Waals surface area contributed by atoms with E-state index >= 15 is 0 Å². The predicted molar refractivity (Wildman–Crippen MR) is 110 cm³/mol. The second-order valence-corrected chi connectivity index (χ2v) is 7.19. The van der Waals surface area contributed by atoms with Crippen LogP contribution in [0.25, 0.3) is 11.4 Å². The number of anilines is 1. The third-order valence-electron chi connectivity index (χ3n) is 3.89. The molecule has 3 rings (SSSR count). The van der Waals surface area contributed by atoms with E-state index in [1.54, 1.807) is 38.5 Å². The lowest BCUT2D eigenvalue weighted by molar-refractivity contribution is -0.113. The molecule has 28 heavy (non-hydrogen) atoms. The fourth-order valence-corrected chi connectivity index (χ4v) is 3.43. The van der Waals surface area contributed by atoms with Crippen LogP contribution in [0.2, 0.25) is 5.02 Å². The monoisotopic (exact) mass is 418 g/mol. The number of carbonyl (C=O) groups is 1. The van der Waals surface area contributed by atoms with E-state index in [0.717, 1.165) is 5.56 Å². The Morgan fingerprint density at radius 1 is 1.14 bits per heavy atom. The molecule has 1 heterocycles. The van der Waals surface area contributed by atoms with Crippen molar-refractivity contribution >= 4 is 35.0 Å². The first-order valence-corrected chi connectivity index (χ1v) is 9.67. The van der Waals surface area contributed by atoms with Crippen LogP contribution in [0, 0.1) is 0 Å². The van der Waals surface area contributed by atoms with Gasteiger partial charge in [-0.2, -0.15) is 0 Å². The van der Waals surface area contributed by atoms with Gasteiger partial charge in [-0.3, -0.25) is 4.79 Å². The molecule has 7 nitrogen and oxygen atoms in total. The molecule has 3 aromatic rings. The lowest BCUT2D eigenvalue weighted by Gasteiger charge is -2.09. The normalized spacial score (nSPS) is 10.6. The summed E-state index contributed by atoms with van der Waals surface area (Å²) in [6.07, 6.45) is 0. The molecule has 0 aliphatic carbocycles. The Balaban J connectivity index is 1.66. The van der Waals surface area contributed by atoms with Crippen molar-refractivity contribution in [1.29, 1.82) is 0 Å². The highest BCUT2D eigenvalue weighted by Gasteiger charge is 2.14. The highest BCUT2D eigenvalue weighted by molar-refractivity contribution is 7.99. The second kappa shape index (κ2) is 8.99. The molecule has 9 heteroatoms. The first kappa shape index (κ1) is 20.0. The maximum Gasteiger partial charge on any atom is 0.234 e. The Kier molecular flexibility index (Phi) is 6.43. The number of nitrogens with one attached hydrogen (secondary N) is 1. The summed E-state index contributed by atoms with van der Waals surface area (Å²) in [7, 11) is 4.97. The Hall–Kier alpha value is -2.71. The summed E-state index contributed by atoms with van der Waals surface area (Å²) in [5.41, 5.74) is 1.46. The number of rotatable bonds is 7. The molecule has 0 unspecified atom stereocenters. The summed E-state index contributed by atoms with van der Waals surface area (Å²) < 4.78 is 12.3. The van der Waals surface area contributed by atoms with Crippen LogP contribution in [-0.4, -0.2) is 40.6 Å². The van der Waals surface area contributed by atoms with Crippen LogP contribution >= 0.6 is 23.4 Å². The first-order chi connectivity index (χ1) is 13.5. The van der Waals surface area contributed by atoms with Gasteiger partial charge in [0.05, 0.1) is 20.0 Å². The van der Waals surface area contributed by atoms with Gasteiger partial charge in [-0.05, 0) is 12.1 Å². The van der Waals surface area contributed by atoms with Crippen molar-refractivity contribution in [3.8, 4) is 22.9 Å². The number of hydrogen-bond donors (Lipinski definition) is 1. The van der Waals surface area contributed by atoms with Gasteiger partial charge in [0, 0.05) is 41.5 Å². The van der Waals surface area contributed by atoms with Gasteiger partial charge in [0.25, 0.3) is 0 Å². The molecule has 0 fully saturated rings. The van der Waals surface area contributed by atoms with Crippen LogP contribution in [0.3, 0.4) is 0 Å². The number of methoxy groups -OCH3 is 2. The predicted octanol–water partition coefficient (Wildman–Crippen LogP) is 3.88. The van der Waals surface area contributed by atoms with Gasteiger partial charge in [-0.1, -0.05) is 35.5 Å². The number of nitrogens with zero attached hydrogens (tertiary/aromatic N) is 3. The van der Waals surface area contributed by atoms with Gasteiger partial charge in [0.15, 0.2) is 11.0 Å². The number of halogens is 1. The summed E-state index contributed by atoms with van der Waals surface area (Å²) in [5, 5.41) is 12.5. The van der Waals surface area contributed by atoms with Gasteiger partial charge in [0.1, 0.15) is 11.5 Å². The average Bonchev–Trinajstić information content (AvgIpc) is 3.06. The van der Waals surface area contributed by atoms with E-state index in [1.165, 1.54) is 11.8 Å². The highest BCUT2D eigenvalue weighted by atomic mass is 35.5. The van der Waals surface area contributed by atoms with Gasteiger partial charge in [-0.25, -0.2) is 0 Å². The van der Waals surface area contributed by atoms with E-state index in [-0.39, 0.29) is 11.7 Å². The quantitative estimate of drug-likeness (QED) is 0.586. The lowest BCUT2D eigenvalue weighted by atomic mass is 10.2. The molecule has 0 aliphatic rings. The minimum Gasteiger partial charge on any atom is -0.497 e. The zero-order valence-corrected chi connectivity index (χ0v) is 17.2. The summed E-state index contributed by atoms with van der Waals surface area (Å²) in [4.78, 5) is 12.3. The minimum atomic E-state index is -0.174. The maximum atomic E-state index is 12.3. The van der Waals surface area contributed by atoms with Crippen LogP contribution in [0.4, 0.5) is 5.69 Å². The average molecular weight is 419 g/mol. The fraction of sp³-hybridized carbons (Fsp3) is 0.211. The van der Waals surface area contributed by atoms with E-state index in [9.17, 15) is 4.79 Å². The van der Waals surface area contributed by atoms with Gasteiger partial charge >= 0.3 is 0 Å². The van der Waals surface area contributed by atoms with E-state index in [2.05, 4.69) is 15.5 Å². The van der Waals surface area contributed by atoms with Crippen LogP contribution in [0.5, 0.6) is 11.5 Å². The molecule has 1 amide bonds. The number of amides is 1. The van der Waals surface area contributed by atoms with Crippen LogP contribution in [0.15, 0.2) is 47.6 Å². The summed E-state index contributed by atoms with van der Waals surface area (Å²) in [6.45, 7) is 0. The molecule has 0 saturated heterocycles. The number of hydrogen-bond acceptors (Lipinski definition) is 6. The standard InChI is InChI=1S/C19H19ClN4O3S/c1-24-18(12-5-4-6-13(20)7-12)22-23-19(24)28-11-17(25)21-14-8-15(26-2)10-16(9-14)27-3/h4-10H,11H2,1-3H3,(H,21,25). The molecule has 0 saturated carbocycles. The molecule has 0 aliphatic heterocycles. The van der Waals surface area contributed by atoms with Crippen LogP contribution in [0.1, 0.15) is 0 Å². The smallest absolute Gasteiger partial charge is 0.234 e. The maximum absolute atomic E-state index is 12.3. The van der Waals surface area contributed by atoms with Crippen molar-refractivity contribution in [3.63, 3.8) is 0 Å². The van der Waals surface area contributed by atoms with E-state index in [1.807, 2.05) is 29.8 Å². The van der Waals surface area contributed by atoms with Gasteiger partial charge in [-0.15, -0.1) is 10.2 Å². The Morgan fingerprint density at radius 3 is 2.50 bits per heavy atom. The number of carbonyl (C=O) groups excluding carboxylic acids is 1. The molecule has 0 radical (unpaired) electrons. The fourth-order valence-electron chi connectivity index (χ4n) is 2.53. The summed E-state index contributed by atoms with van der Waals surface area (Å²) >= 11 is 7.34. The molecule has 0 bridgehead atoms. The molecule has 0 atom stereocenters. The lowest BCUT2D eigenvalue weighted by Crippen LogP contribution is -2.14. The van der Waals surface area contributed by atoms with Crippen LogP contribution in [-0.2, 0) is 11.8 Å². The molecule has 1 aromatic heterocycles. The summed E-state index contributed by atoms with van der Waals surface area (Å²) in [6, 6.07) is 12.6. The zero-order valence-electron chi connectivity index (χ0n) is 15.6. The third kappa shape index (κ3) is 4.76. The van der Waals surface area contributed by atoms with Crippen molar-refractivity contribution in [1.82, 2.24) is 14.8 Å². The van der Waals surface area contributed by atoms with Crippen molar-refractivity contribution in [2.24, 2.45) is 7.05 Å². The topological polar surface area (TPSA) is 78.3 Å². The second-order valence-electron chi connectivity index (χ2n) is 5.81. The Labute approximate surface area is 172 Å². The van der Waals surface area contributed by atoms with E-state index < -0.39 is 0 Å². The van der Waals surface area contributed by atoms with Crippen LogP contribution < -0.4 is 14.8 Å². The number of aromatic nitrogens is 3. The molecule has 146 valence electrons. The van der Waals surface area contributed by atoms with Crippen molar-refractivity contribution in [3.05, 3.63) is 47.5 Å². The van der Waals surface area contributed by atoms with Crippen molar-refractivity contribution < 1.29 is 14.3 Å². The van der Waals surface area contributed by atoms with E-state index in [0.29, 0.717) is 33.2 Å². The third-order valence-corrected chi connectivity index (χ3v) is 5.14. The molecule has 0 spiro atoms. The molecule has 1 N–H and O–H groups in total. The van der Waals surface area contributed by atoms with Crippen molar-refractivity contribution in [2.45, 2.75) is 5.16 Å². The van der Waals surface area contributed by atoms with E-state index in [4.69, 9.17) is 21.1 Å². The first-order valence-electron chi connectivity index (χ1n) is 8.31. The SMILES string of the molecule is COc1cc(NC(=O)CSc2nnc(-c3cccc(Cl)c3)n2C)cc(OC)c1. The molecule has 2 aromatic carbocycles. The summed E-state index contributed by atoms with van der Waals surface area (Å²) in [5.74, 6) is 1.89. The number of thioether (sulfide) groups is 1. The Bertz CT molecular complexity index is 971. The van der Waals surface area contributed by atoms with Gasteiger partial charge in [0.2, 0.25) is 5.91 Å². The van der Waals surface area contributed by atoms with Crippen molar-refractivity contribution in [2.75, 3.05) is 25.3 Å². The van der Waals surface area contributed by atoms with Gasteiger partial charge < -0.3 is 19.4 Å².